The molecule has 0 saturated carbocycles. The van der Waals surface area contributed by atoms with Crippen molar-refractivity contribution < 1.29 is 28.6 Å². The Morgan fingerprint density at radius 2 is 1.74 bits per heavy atom. The molecule has 0 aliphatic rings. The molecule has 2 aromatic carbocycles. The zero-order valence-electron chi connectivity index (χ0n) is 18.4. The highest BCUT2D eigenvalue weighted by atomic mass is 16.6. The molecule has 0 atom stereocenters. The molecule has 0 aliphatic heterocycles. The van der Waals surface area contributed by atoms with Crippen molar-refractivity contribution in [2.45, 2.75) is 33.6 Å². The van der Waals surface area contributed by atoms with E-state index >= 15 is 0 Å². The van der Waals surface area contributed by atoms with Gasteiger partial charge in [-0.2, -0.15) is 0 Å². The van der Waals surface area contributed by atoms with E-state index < -0.39 is 18.5 Å². The number of anilines is 2. The third kappa shape index (κ3) is 7.33. The van der Waals surface area contributed by atoms with Gasteiger partial charge in [0, 0.05) is 12.6 Å². The number of aryl methyl sites for hydroxylation is 1. The van der Waals surface area contributed by atoms with Gasteiger partial charge in [0.1, 0.15) is 11.5 Å². The summed E-state index contributed by atoms with van der Waals surface area (Å²) in [6.07, 6.45) is 0. The van der Waals surface area contributed by atoms with E-state index in [2.05, 4.69) is 24.5 Å². The highest BCUT2D eigenvalue weighted by molar-refractivity contribution is 5.96. The first-order valence-electron chi connectivity index (χ1n) is 9.84. The fourth-order valence-electron chi connectivity index (χ4n) is 2.99. The van der Waals surface area contributed by atoms with Gasteiger partial charge in [-0.3, -0.25) is 9.59 Å². The number of esters is 1. The molecule has 0 radical (unpaired) electrons. The number of carbonyl (C=O) groups is 3. The van der Waals surface area contributed by atoms with Crippen molar-refractivity contribution >= 4 is 29.2 Å². The van der Waals surface area contributed by atoms with Crippen molar-refractivity contribution in [3.8, 4) is 11.5 Å². The first kappa shape index (κ1) is 23.7. The zero-order valence-corrected chi connectivity index (χ0v) is 18.4. The quantitative estimate of drug-likeness (QED) is 0.591. The second kappa shape index (κ2) is 11.0. The van der Waals surface area contributed by atoms with Crippen LogP contribution in [0.15, 0.2) is 36.4 Å². The van der Waals surface area contributed by atoms with Crippen LogP contribution in [0, 0.1) is 6.92 Å². The molecule has 0 unspecified atom stereocenters. The van der Waals surface area contributed by atoms with Crippen LogP contribution in [0.25, 0.3) is 0 Å². The van der Waals surface area contributed by atoms with Crippen molar-refractivity contribution in [1.29, 1.82) is 0 Å². The molecule has 0 heterocycles. The van der Waals surface area contributed by atoms with Gasteiger partial charge in [0.15, 0.2) is 13.2 Å². The average Bonchev–Trinajstić information content (AvgIpc) is 2.70. The van der Waals surface area contributed by atoms with Gasteiger partial charge in [0.25, 0.3) is 5.91 Å². The van der Waals surface area contributed by atoms with E-state index in [1.54, 1.807) is 24.3 Å². The van der Waals surface area contributed by atoms with E-state index in [-0.39, 0.29) is 12.5 Å². The molecule has 8 nitrogen and oxygen atoms in total. The first-order chi connectivity index (χ1) is 14.7. The molecule has 31 heavy (non-hydrogen) atoms. The Morgan fingerprint density at radius 1 is 1.00 bits per heavy atom. The van der Waals surface area contributed by atoms with Gasteiger partial charge >= 0.3 is 5.97 Å². The van der Waals surface area contributed by atoms with Crippen LogP contribution in [0.1, 0.15) is 37.8 Å². The Labute approximate surface area is 181 Å². The molecule has 2 rings (SSSR count). The molecule has 0 aliphatic carbocycles. The van der Waals surface area contributed by atoms with Gasteiger partial charge in [-0.1, -0.05) is 19.9 Å². The molecular weight excluding hydrogens is 400 g/mol. The Morgan fingerprint density at radius 3 is 2.35 bits per heavy atom. The van der Waals surface area contributed by atoms with Crippen LogP contribution in [0.5, 0.6) is 11.5 Å². The molecule has 0 bridgehead atoms. The minimum Gasteiger partial charge on any atom is -0.495 e. The Kier molecular flexibility index (Phi) is 8.43. The number of hydrogen-bond acceptors (Lipinski definition) is 6. The van der Waals surface area contributed by atoms with Crippen LogP contribution in [0.2, 0.25) is 0 Å². The SMILES string of the molecule is COc1ccc(NC(C)=O)cc1NC(=O)COC(=O)COc1ccc(C(C)C)c(C)c1. The molecular formula is C23H28N2O6. The average molecular weight is 428 g/mol. The summed E-state index contributed by atoms with van der Waals surface area (Å²) in [5.74, 6) is -0.107. The molecule has 0 fully saturated rings. The lowest BCUT2D eigenvalue weighted by Crippen LogP contribution is -2.24. The molecule has 8 heteroatoms. The number of carbonyl (C=O) groups excluding carboxylic acids is 3. The second-order valence-corrected chi connectivity index (χ2v) is 7.27. The van der Waals surface area contributed by atoms with E-state index in [9.17, 15) is 14.4 Å². The minimum atomic E-state index is -0.667. The van der Waals surface area contributed by atoms with Gasteiger partial charge < -0.3 is 24.8 Å². The number of amides is 2. The topological polar surface area (TPSA) is 103 Å². The number of hydrogen-bond donors (Lipinski definition) is 2. The number of ether oxygens (including phenoxy) is 3. The summed E-state index contributed by atoms with van der Waals surface area (Å²) in [6, 6.07) is 10.4. The lowest BCUT2D eigenvalue weighted by Gasteiger charge is -2.13. The summed E-state index contributed by atoms with van der Waals surface area (Å²) in [5.41, 5.74) is 3.12. The number of nitrogens with one attached hydrogen (secondary N) is 2. The fourth-order valence-corrected chi connectivity index (χ4v) is 2.99. The second-order valence-electron chi connectivity index (χ2n) is 7.27. The Balaban J connectivity index is 1.86. The van der Waals surface area contributed by atoms with Crippen molar-refractivity contribution in [3.63, 3.8) is 0 Å². The molecule has 2 amide bonds. The van der Waals surface area contributed by atoms with Crippen molar-refractivity contribution in [2.24, 2.45) is 0 Å². The van der Waals surface area contributed by atoms with Crippen molar-refractivity contribution in [3.05, 3.63) is 47.5 Å². The third-order valence-corrected chi connectivity index (χ3v) is 4.38. The van der Waals surface area contributed by atoms with Gasteiger partial charge in [-0.05, 0) is 54.3 Å². The van der Waals surface area contributed by atoms with Gasteiger partial charge in [0.05, 0.1) is 12.8 Å². The highest BCUT2D eigenvalue weighted by Gasteiger charge is 2.13. The maximum absolute atomic E-state index is 12.2. The number of benzene rings is 2. The van der Waals surface area contributed by atoms with Crippen molar-refractivity contribution in [1.82, 2.24) is 0 Å². The fraction of sp³-hybridized carbons (Fsp3) is 0.348. The van der Waals surface area contributed by atoms with E-state index in [1.807, 2.05) is 19.1 Å². The van der Waals surface area contributed by atoms with E-state index in [0.717, 1.165) is 5.56 Å². The monoisotopic (exact) mass is 428 g/mol. The largest absolute Gasteiger partial charge is 0.495 e. The maximum atomic E-state index is 12.2. The lowest BCUT2D eigenvalue weighted by molar-refractivity contribution is -0.149. The normalized spacial score (nSPS) is 10.4. The molecule has 0 saturated heterocycles. The van der Waals surface area contributed by atoms with Crippen LogP contribution < -0.4 is 20.1 Å². The highest BCUT2D eigenvalue weighted by Crippen LogP contribution is 2.28. The summed E-state index contributed by atoms with van der Waals surface area (Å²) in [4.78, 5) is 35.3. The summed E-state index contributed by atoms with van der Waals surface area (Å²) in [5, 5.41) is 5.21. The number of rotatable bonds is 9. The first-order valence-corrected chi connectivity index (χ1v) is 9.84. The smallest absolute Gasteiger partial charge is 0.344 e. The number of methoxy groups -OCH3 is 1. The predicted molar refractivity (Wildman–Crippen MR) is 118 cm³/mol. The van der Waals surface area contributed by atoms with Gasteiger partial charge in [-0.25, -0.2) is 4.79 Å². The van der Waals surface area contributed by atoms with E-state index in [4.69, 9.17) is 14.2 Å². The van der Waals surface area contributed by atoms with Crippen molar-refractivity contribution in [2.75, 3.05) is 31.0 Å². The van der Waals surface area contributed by atoms with Crippen LogP contribution in [-0.4, -0.2) is 38.1 Å². The van der Waals surface area contributed by atoms with Crippen LogP contribution >= 0.6 is 0 Å². The van der Waals surface area contributed by atoms with Crippen LogP contribution in [0.3, 0.4) is 0 Å². The standard InChI is InChI=1S/C23H28N2O6/c1-14(2)19-8-7-18(10-15(19)3)30-13-23(28)31-12-22(27)25-20-11-17(24-16(4)26)6-9-21(20)29-5/h6-11,14H,12-13H2,1-5H3,(H,24,26)(H,25,27). The molecule has 0 aromatic heterocycles. The van der Waals surface area contributed by atoms with Gasteiger partial charge in [-0.15, -0.1) is 0 Å². The summed E-state index contributed by atoms with van der Waals surface area (Å²) in [7, 11) is 1.45. The summed E-state index contributed by atoms with van der Waals surface area (Å²) >= 11 is 0. The molecule has 2 aromatic rings. The summed E-state index contributed by atoms with van der Waals surface area (Å²) in [6.45, 7) is 6.79. The Hall–Kier alpha value is -3.55. The Bertz CT molecular complexity index is 955. The zero-order chi connectivity index (χ0) is 23.0. The summed E-state index contributed by atoms with van der Waals surface area (Å²) < 4.78 is 15.6. The third-order valence-electron chi connectivity index (χ3n) is 4.38. The molecule has 166 valence electrons. The van der Waals surface area contributed by atoms with Crippen LogP contribution in [0.4, 0.5) is 11.4 Å². The van der Waals surface area contributed by atoms with E-state index in [1.165, 1.54) is 19.6 Å². The molecule has 2 N–H and O–H groups in total. The maximum Gasteiger partial charge on any atom is 0.344 e. The predicted octanol–water partition coefficient (Wildman–Crippen LogP) is 3.65. The van der Waals surface area contributed by atoms with Gasteiger partial charge in [0.2, 0.25) is 5.91 Å². The van der Waals surface area contributed by atoms with E-state index in [0.29, 0.717) is 28.8 Å². The lowest BCUT2D eigenvalue weighted by atomic mass is 9.98. The molecule has 0 spiro atoms. The minimum absolute atomic E-state index is 0.245. The van der Waals surface area contributed by atoms with Crippen LogP contribution in [-0.2, 0) is 19.1 Å².